The number of hydroxylamine groups is 1. The van der Waals surface area contributed by atoms with Crippen LogP contribution in [0.4, 0.5) is 0 Å². The second-order valence-electron chi connectivity index (χ2n) is 13.3. The van der Waals surface area contributed by atoms with Crippen molar-refractivity contribution < 1.29 is 53.4 Å². The molecule has 0 spiro atoms. The molecule has 2 amide bonds. The highest BCUT2D eigenvalue weighted by atomic mass is 16.6. The molecule has 2 aliphatic rings. The Hall–Kier alpha value is -4.28. The smallest absolute Gasteiger partial charge is 0.316 e. The number of ketones is 1. The van der Waals surface area contributed by atoms with E-state index >= 15 is 0 Å². The standard InChI is InChI=1S/C31H50N6O11/c1-15(2)25(24(40)21-23(39)16(3)36(11)29(21)42)48-30(43)31(7,8)26(47-19(6)38)20(13-12-14-37(45)34-44)32-27(41)22-18(5)46-28(33-22)17(4)35(9)10/h15-18,20,22,25-26,40,44H,12-14H2,1-11H3,(H,32,41)/b24-21+,37-34+/t16-,17-,18+,20-,22-,25-,26-/m0/s1. The zero-order valence-electron chi connectivity index (χ0n) is 29.5. The van der Waals surface area contributed by atoms with Crippen molar-refractivity contribution in [3.8, 4) is 0 Å². The lowest BCUT2D eigenvalue weighted by Gasteiger charge is -2.38. The molecule has 2 aliphatic heterocycles. The fourth-order valence-electron chi connectivity index (χ4n) is 5.31. The second-order valence-corrected chi connectivity index (χ2v) is 13.3. The van der Waals surface area contributed by atoms with E-state index in [1.54, 1.807) is 20.8 Å². The van der Waals surface area contributed by atoms with E-state index < -0.39 is 88.6 Å². The van der Waals surface area contributed by atoms with Crippen LogP contribution in [0.2, 0.25) is 0 Å². The molecule has 17 heteroatoms. The molecule has 2 heterocycles. The van der Waals surface area contributed by atoms with E-state index in [2.05, 4.69) is 15.6 Å². The Kier molecular flexibility index (Phi) is 13.5. The molecule has 0 aromatic carbocycles. The fraction of sp³-hybridized carbons (Fsp3) is 0.742. The van der Waals surface area contributed by atoms with Gasteiger partial charge in [-0.05, 0) is 61.1 Å². The molecule has 0 unspecified atom stereocenters. The maximum Gasteiger partial charge on any atom is 0.316 e. The first-order valence-electron chi connectivity index (χ1n) is 15.8. The van der Waals surface area contributed by atoms with E-state index in [1.165, 1.54) is 32.7 Å². The van der Waals surface area contributed by atoms with Crippen LogP contribution in [0.1, 0.15) is 68.2 Å². The van der Waals surface area contributed by atoms with Crippen molar-refractivity contribution in [2.24, 2.45) is 21.6 Å². The minimum Gasteiger partial charge on any atom is -0.597 e. The maximum absolute atomic E-state index is 13.9. The maximum atomic E-state index is 13.9. The first-order chi connectivity index (χ1) is 22.2. The summed E-state index contributed by atoms with van der Waals surface area (Å²) in [4.78, 5) is 73.1. The summed E-state index contributed by atoms with van der Waals surface area (Å²) in [7, 11) is 5.07. The number of aliphatic hydroxyl groups is 1. The summed E-state index contributed by atoms with van der Waals surface area (Å²) in [6.07, 6.45) is -3.47. The number of nitrogens with one attached hydrogen (secondary N) is 1. The zero-order valence-corrected chi connectivity index (χ0v) is 29.5. The number of likely N-dealkylation sites (tertiary alicyclic amines) is 1. The van der Waals surface area contributed by atoms with Gasteiger partial charge in [0.25, 0.3) is 5.91 Å². The molecule has 1 saturated heterocycles. The summed E-state index contributed by atoms with van der Waals surface area (Å²) >= 11 is 0. The van der Waals surface area contributed by atoms with Gasteiger partial charge >= 0.3 is 11.9 Å². The van der Waals surface area contributed by atoms with Gasteiger partial charge in [-0.1, -0.05) is 18.7 Å². The number of carbonyl (C=O) groups excluding carboxylic acids is 5. The Morgan fingerprint density at radius 3 is 2.27 bits per heavy atom. The Balaban J connectivity index is 2.51. The summed E-state index contributed by atoms with van der Waals surface area (Å²) in [5.74, 6) is -4.67. The molecule has 0 radical (unpaired) electrons. The van der Waals surface area contributed by atoms with Crippen LogP contribution >= 0.6 is 0 Å². The molecule has 3 N–H and O–H groups in total. The van der Waals surface area contributed by atoms with E-state index in [4.69, 9.17) is 19.4 Å². The van der Waals surface area contributed by atoms with Crippen molar-refractivity contribution in [3.05, 3.63) is 16.5 Å². The number of amides is 2. The van der Waals surface area contributed by atoms with Gasteiger partial charge in [-0.2, -0.15) is 0 Å². The van der Waals surface area contributed by atoms with Crippen LogP contribution in [0.15, 0.2) is 21.6 Å². The number of aliphatic hydroxyl groups excluding tert-OH is 1. The predicted octanol–water partition coefficient (Wildman–Crippen LogP) is 1.51. The van der Waals surface area contributed by atoms with E-state index in [0.717, 1.165) is 6.92 Å². The van der Waals surface area contributed by atoms with Gasteiger partial charge in [-0.25, -0.2) is 4.99 Å². The molecule has 17 nitrogen and oxygen atoms in total. The van der Waals surface area contributed by atoms with Gasteiger partial charge in [-0.15, -0.1) is 0 Å². The Bertz CT molecular complexity index is 1320. The van der Waals surface area contributed by atoms with Gasteiger partial charge < -0.3 is 39.9 Å². The molecule has 0 aromatic heterocycles. The number of hydrogen-bond donors (Lipinski definition) is 3. The quantitative estimate of drug-likeness (QED) is 0.0425. The number of aliphatic imine (C=N–C) groups is 1. The molecule has 48 heavy (non-hydrogen) atoms. The van der Waals surface area contributed by atoms with Crippen molar-refractivity contribution in [3.63, 3.8) is 0 Å². The van der Waals surface area contributed by atoms with Gasteiger partial charge in [-0.3, -0.25) is 28.9 Å². The number of carbonyl (C=O) groups is 5. The Morgan fingerprint density at radius 1 is 1.19 bits per heavy atom. The molecule has 2 rings (SSSR count). The molecular weight excluding hydrogens is 632 g/mol. The molecule has 0 aromatic rings. The molecule has 7 atom stereocenters. The normalized spacial score (nSPS) is 23.8. The van der Waals surface area contributed by atoms with Crippen LogP contribution in [-0.4, -0.2) is 131 Å². The molecular formula is C31H50N6O11. The average Bonchev–Trinajstić information content (AvgIpc) is 3.48. The number of hydrogen-bond acceptors (Lipinski definition) is 13. The average molecular weight is 683 g/mol. The highest BCUT2D eigenvalue weighted by molar-refractivity contribution is 6.26. The van der Waals surface area contributed by atoms with Gasteiger partial charge in [0, 0.05) is 20.4 Å². The van der Waals surface area contributed by atoms with Crippen LogP contribution in [-0.2, 0) is 38.2 Å². The monoisotopic (exact) mass is 682 g/mol. The van der Waals surface area contributed by atoms with Gasteiger partial charge in [0.2, 0.25) is 11.8 Å². The lowest BCUT2D eigenvalue weighted by atomic mass is 9.80. The third-order valence-corrected chi connectivity index (χ3v) is 8.71. The number of nitrogens with zero attached hydrogens (tertiary/aromatic N) is 5. The zero-order chi connectivity index (χ0) is 36.8. The van der Waals surface area contributed by atoms with E-state index in [1.807, 2.05) is 25.9 Å². The highest BCUT2D eigenvalue weighted by Crippen LogP contribution is 2.33. The third kappa shape index (κ3) is 8.99. The van der Waals surface area contributed by atoms with Crippen molar-refractivity contribution in [2.75, 3.05) is 27.7 Å². The van der Waals surface area contributed by atoms with Gasteiger partial charge in [0.1, 0.15) is 29.0 Å². The number of rotatable bonds is 15. The first kappa shape index (κ1) is 39.9. The minimum atomic E-state index is -1.72. The van der Waals surface area contributed by atoms with E-state index in [9.17, 15) is 34.3 Å². The number of likely N-dealkylation sites (N-methyl/N-ethyl adjacent to an activating group) is 2. The number of esters is 2. The Labute approximate surface area is 280 Å². The first-order valence-corrected chi connectivity index (χ1v) is 15.8. The fourth-order valence-corrected chi connectivity index (χ4v) is 5.31. The largest absolute Gasteiger partial charge is 0.597 e. The number of ether oxygens (including phenoxy) is 3. The topological polar surface area (TPSA) is 223 Å². The SMILES string of the molecule is CC(=O)O[C@@H]([C@H](CCC/[N+]([O-])=N\O)NC(=O)[C@H]1N=C([C@H](C)N(C)C)O[C@@H]1C)C(C)(C)C(=O)O[C@H](/C(O)=C1/C(=O)[C@H](C)N(C)C1=O)C(C)C. The highest BCUT2D eigenvalue weighted by Gasteiger charge is 2.49. The van der Waals surface area contributed by atoms with Crippen LogP contribution < -0.4 is 5.32 Å². The molecule has 0 bridgehead atoms. The van der Waals surface area contributed by atoms with Crippen LogP contribution in [0, 0.1) is 16.5 Å². The second kappa shape index (κ2) is 16.2. The lowest BCUT2D eigenvalue weighted by Crippen LogP contribution is -2.57. The van der Waals surface area contributed by atoms with Crippen molar-refractivity contribution in [1.82, 2.24) is 15.1 Å². The lowest BCUT2D eigenvalue weighted by molar-refractivity contribution is -0.556. The number of Topliss-reactive ketones (excluding diaryl/α,β-unsaturated/α-hetero) is 1. The van der Waals surface area contributed by atoms with Gasteiger partial charge in [0.05, 0.1) is 18.1 Å². The van der Waals surface area contributed by atoms with Crippen LogP contribution in [0.3, 0.4) is 0 Å². The molecule has 1 fully saturated rings. The van der Waals surface area contributed by atoms with Crippen LogP contribution in [0.5, 0.6) is 0 Å². The van der Waals surface area contributed by atoms with Gasteiger partial charge in [0.15, 0.2) is 29.8 Å². The third-order valence-electron chi connectivity index (χ3n) is 8.71. The minimum absolute atomic E-state index is 0.0264. The molecule has 270 valence electrons. The van der Waals surface area contributed by atoms with E-state index in [-0.39, 0.29) is 30.3 Å². The van der Waals surface area contributed by atoms with Crippen LogP contribution in [0.25, 0.3) is 0 Å². The summed E-state index contributed by atoms with van der Waals surface area (Å²) in [6, 6.07) is -3.15. The summed E-state index contributed by atoms with van der Waals surface area (Å²) in [6.45, 7) is 11.9. The van der Waals surface area contributed by atoms with Crippen molar-refractivity contribution in [2.45, 2.75) is 111 Å². The predicted molar refractivity (Wildman–Crippen MR) is 170 cm³/mol. The van der Waals surface area contributed by atoms with E-state index in [0.29, 0.717) is 5.90 Å². The van der Waals surface area contributed by atoms with Crippen molar-refractivity contribution in [1.29, 1.82) is 0 Å². The summed E-state index contributed by atoms with van der Waals surface area (Å²) in [5, 5.41) is 36.9. The van der Waals surface area contributed by atoms with Crippen molar-refractivity contribution >= 4 is 35.4 Å². The molecule has 0 aliphatic carbocycles. The summed E-state index contributed by atoms with van der Waals surface area (Å²) in [5.41, 5.74) is -2.21. The Morgan fingerprint density at radius 2 is 1.79 bits per heavy atom. The summed E-state index contributed by atoms with van der Waals surface area (Å²) < 4.78 is 17.2. The molecule has 0 saturated carbocycles.